The lowest BCUT2D eigenvalue weighted by Crippen LogP contribution is -2.29. The van der Waals surface area contributed by atoms with Crippen LogP contribution in [0.3, 0.4) is 0 Å². The highest BCUT2D eigenvalue weighted by molar-refractivity contribution is 9.10. The third kappa shape index (κ3) is 3.20. The topological polar surface area (TPSA) is 12.0 Å². The van der Waals surface area contributed by atoms with E-state index in [2.05, 4.69) is 21.2 Å². The molecule has 1 nitrogen and oxygen atoms in total. The Morgan fingerprint density at radius 1 is 1.53 bits per heavy atom. The first-order chi connectivity index (χ1) is 7.01. The van der Waals surface area contributed by atoms with E-state index in [-0.39, 0.29) is 0 Å². The van der Waals surface area contributed by atoms with Gasteiger partial charge in [-0.25, -0.2) is 4.39 Å². The molecule has 0 fully saturated rings. The fourth-order valence-corrected chi connectivity index (χ4v) is 2.75. The molecule has 1 rings (SSSR count). The number of alkyl halides is 1. The Labute approximate surface area is 103 Å². The van der Waals surface area contributed by atoms with Crippen LogP contribution in [-0.4, -0.2) is 19.8 Å². The summed E-state index contributed by atoms with van der Waals surface area (Å²) < 4.78 is 15.1. The number of thioether (sulfide) groups is 1. The zero-order chi connectivity index (χ0) is 11.5. The van der Waals surface area contributed by atoms with E-state index in [0.717, 1.165) is 9.37 Å². The van der Waals surface area contributed by atoms with Crippen molar-refractivity contribution in [1.29, 1.82) is 0 Å². The van der Waals surface area contributed by atoms with Crippen molar-refractivity contribution in [3.8, 4) is 0 Å². The van der Waals surface area contributed by atoms with Crippen LogP contribution in [0.5, 0.6) is 0 Å². The molecular formula is C11H15BrFNS. The normalized spacial score (nSPS) is 15.0. The number of nitrogens with one attached hydrogen (secondary N) is 1. The predicted octanol–water partition coefficient (Wildman–Crippen LogP) is 3.58. The van der Waals surface area contributed by atoms with Crippen LogP contribution >= 0.6 is 27.7 Å². The molecule has 0 aliphatic heterocycles. The van der Waals surface area contributed by atoms with Gasteiger partial charge in [-0.15, -0.1) is 11.8 Å². The van der Waals surface area contributed by atoms with Crippen molar-refractivity contribution in [2.75, 3.05) is 19.8 Å². The highest BCUT2D eigenvalue weighted by atomic mass is 79.9. The quantitative estimate of drug-likeness (QED) is 0.851. The zero-order valence-electron chi connectivity index (χ0n) is 9.10. The fourth-order valence-electron chi connectivity index (χ4n) is 1.42. The van der Waals surface area contributed by atoms with Crippen molar-refractivity contribution in [3.05, 3.63) is 28.2 Å². The van der Waals surface area contributed by atoms with Gasteiger partial charge in [0.05, 0.1) is 0 Å². The number of likely N-dealkylation sites (N-methyl/N-ethyl adjacent to an activating group) is 1. The summed E-state index contributed by atoms with van der Waals surface area (Å²) in [5.74, 6) is 0. The Morgan fingerprint density at radius 3 is 2.67 bits per heavy atom. The van der Waals surface area contributed by atoms with Crippen molar-refractivity contribution < 1.29 is 4.39 Å². The van der Waals surface area contributed by atoms with Crippen LogP contribution in [0, 0.1) is 0 Å². The van der Waals surface area contributed by atoms with Gasteiger partial charge in [0.15, 0.2) is 0 Å². The van der Waals surface area contributed by atoms with E-state index in [1.54, 1.807) is 25.7 Å². The molecule has 0 amide bonds. The van der Waals surface area contributed by atoms with E-state index in [0.29, 0.717) is 12.1 Å². The van der Waals surface area contributed by atoms with Crippen LogP contribution < -0.4 is 5.32 Å². The summed E-state index contributed by atoms with van der Waals surface area (Å²) in [6, 6.07) is 5.63. The largest absolute Gasteiger partial charge is 0.316 e. The zero-order valence-corrected chi connectivity index (χ0v) is 11.5. The van der Waals surface area contributed by atoms with Crippen molar-refractivity contribution in [1.82, 2.24) is 5.32 Å². The average Bonchev–Trinajstić information content (AvgIpc) is 2.17. The molecule has 4 heteroatoms. The number of hydrogen-bond acceptors (Lipinski definition) is 2. The predicted molar refractivity (Wildman–Crippen MR) is 68.3 cm³/mol. The second-order valence-electron chi connectivity index (χ2n) is 3.58. The molecule has 1 aromatic rings. The van der Waals surface area contributed by atoms with Gasteiger partial charge in [0.2, 0.25) is 0 Å². The molecule has 0 bridgehead atoms. The first-order valence-electron chi connectivity index (χ1n) is 4.69. The third-order valence-electron chi connectivity index (χ3n) is 2.26. The highest BCUT2D eigenvalue weighted by Crippen LogP contribution is 2.32. The van der Waals surface area contributed by atoms with Gasteiger partial charge in [0.25, 0.3) is 0 Å². The molecule has 1 aromatic carbocycles. The van der Waals surface area contributed by atoms with Gasteiger partial charge >= 0.3 is 0 Å². The fraction of sp³-hybridized carbons (Fsp3) is 0.455. The Balaban J connectivity index is 3.01. The molecule has 15 heavy (non-hydrogen) atoms. The molecule has 0 aliphatic carbocycles. The molecule has 1 unspecified atom stereocenters. The maximum Gasteiger partial charge on any atom is 0.145 e. The summed E-state index contributed by atoms with van der Waals surface area (Å²) >= 11 is 5.09. The second kappa shape index (κ2) is 5.32. The van der Waals surface area contributed by atoms with E-state index in [1.165, 1.54) is 0 Å². The van der Waals surface area contributed by atoms with Crippen LogP contribution in [0.25, 0.3) is 0 Å². The molecule has 0 radical (unpaired) electrons. The first-order valence-corrected chi connectivity index (χ1v) is 6.70. The van der Waals surface area contributed by atoms with Crippen molar-refractivity contribution >= 4 is 27.7 Å². The molecule has 0 aromatic heterocycles. The lowest BCUT2D eigenvalue weighted by atomic mass is 9.98. The smallest absolute Gasteiger partial charge is 0.145 e. The Morgan fingerprint density at radius 2 is 2.20 bits per heavy atom. The van der Waals surface area contributed by atoms with Crippen LogP contribution in [0.15, 0.2) is 27.6 Å². The lowest BCUT2D eigenvalue weighted by Gasteiger charge is -2.21. The summed E-state index contributed by atoms with van der Waals surface area (Å²) in [7, 11) is 1.75. The third-order valence-corrected chi connectivity index (χ3v) is 3.98. The minimum atomic E-state index is -1.33. The number of halogens is 2. The summed E-state index contributed by atoms with van der Waals surface area (Å²) in [5.41, 5.74) is -0.629. The molecular weight excluding hydrogens is 277 g/mol. The van der Waals surface area contributed by atoms with Gasteiger partial charge in [-0.1, -0.05) is 6.07 Å². The molecule has 0 saturated carbocycles. The van der Waals surface area contributed by atoms with E-state index in [1.807, 2.05) is 24.5 Å². The average molecular weight is 292 g/mol. The van der Waals surface area contributed by atoms with Gasteiger partial charge < -0.3 is 5.32 Å². The standard InChI is InChI=1S/C11H15BrFNS/c1-11(13,7-14-2)8-4-5-10(15-3)9(12)6-8/h4-6,14H,7H2,1-3H3. The van der Waals surface area contributed by atoms with Crippen LogP contribution in [-0.2, 0) is 5.67 Å². The van der Waals surface area contributed by atoms with E-state index >= 15 is 0 Å². The number of benzene rings is 1. The highest BCUT2D eigenvalue weighted by Gasteiger charge is 2.25. The van der Waals surface area contributed by atoms with Crippen LogP contribution in [0.4, 0.5) is 4.39 Å². The van der Waals surface area contributed by atoms with Gasteiger partial charge in [-0.05, 0) is 53.9 Å². The summed E-state index contributed by atoms with van der Waals surface area (Å²) in [6.07, 6.45) is 2.00. The summed E-state index contributed by atoms with van der Waals surface area (Å²) in [6.45, 7) is 1.90. The molecule has 0 spiro atoms. The molecule has 1 N–H and O–H groups in total. The van der Waals surface area contributed by atoms with Crippen molar-refractivity contribution in [2.24, 2.45) is 0 Å². The maximum absolute atomic E-state index is 14.1. The summed E-state index contributed by atoms with van der Waals surface area (Å²) in [4.78, 5) is 1.12. The summed E-state index contributed by atoms with van der Waals surface area (Å²) in [5, 5.41) is 2.86. The minimum absolute atomic E-state index is 0.318. The minimum Gasteiger partial charge on any atom is -0.316 e. The van der Waals surface area contributed by atoms with Gasteiger partial charge in [0.1, 0.15) is 5.67 Å². The molecule has 1 atom stereocenters. The molecule has 0 heterocycles. The Kier molecular flexibility index (Phi) is 4.62. The van der Waals surface area contributed by atoms with E-state index < -0.39 is 5.67 Å². The van der Waals surface area contributed by atoms with Gasteiger partial charge in [0, 0.05) is 15.9 Å². The van der Waals surface area contributed by atoms with E-state index in [9.17, 15) is 4.39 Å². The molecule has 84 valence electrons. The first kappa shape index (κ1) is 13.0. The molecule has 0 saturated heterocycles. The Hall–Kier alpha value is -0.0600. The van der Waals surface area contributed by atoms with Crippen molar-refractivity contribution in [3.63, 3.8) is 0 Å². The number of hydrogen-bond donors (Lipinski definition) is 1. The SMILES string of the molecule is CNCC(C)(F)c1ccc(SC)c(Br)c1. The van der Waals surface area contributed by atoms with Crippen molar-refractivity contribution in [2.45, 2.75) is 17.5 Å². The monoisotopic (exact) mass is 291 g/mol. The second-order valence-corrected chi connectivity index (χ2v) is 5.28. The van der Waals surface area contributed by atoms with Crippen LogP contribution in [0.2, 0.25) is 0 Å². The van der Waals surface area contributed by atoms with Gasteiger partial charge in [-0.3, -0.25) is 0 Å². The van der Waals surface area contributed by atoms with Crippen LogP contribution in [0.1, 0.15) is 12.5 Å². The molecule has 0 aliphatic rings. The van der Waals surface area contributed by atoms with Gasteiger partial charge in [-0.2, -0.15) is 0 Å². The number of rotatable bonds is 4. The maximum atomic E-state index is 14.1. The lowest BCUT2D eigenvalue weighted by molar-refractivity contribution is 0.190. The van der Waals surface area contributed by atoms with E-state index in [4.69, 9.17) is 0 Å². The Bertz CT molecular complexity index is 341.